The molecule has 0 bridgehead atoms. The first kappa shape index (κ1) is 8.01. The predicted molar refractivity (Wildman–Crippen MR) is 51.2 cm³/mol. The summed E-state index contributed by atoms with van der Waals surface area (Å²) in [7, 11) is 1.84. The number of hydrogen-bond acceptors (Lipinski definition) is 2. The van der Waals surface area contributed by atoms with Gasteiger partial charge < -0.3 is 0 Å². The van der Waals surface area contributed by atoms with Crippen LogP contribution in [0.15, 0.2) is 16.7 Å². The van der Waals surface area contributed by atoms with Gasteiger partial charge >= 0.3 is 0 Å². The Morgan fingerprint density at radius 1 is 1.50 bits per heavy atom. The molecule has 62 valence electrons. The number of nitrogens with zero attached hydrogens (tertiary/aromatic N) is 3. The Labute approximate surface area is 82.5 Å². The predicted octanol–water partition coefficient (Wildman–Crippen LogP) is 2.38. The molecule has 0 N–H and O–H groups in total. The van der Waals surface area contributed by atoms with Crippen LogP contribution in [0.25, 0.3) is 11.0 Å². The molecule has 0 saturated heterocycles. The smallest absolute Gasteiger partial charge is 0.177 e. The van der Waals surface area contributed by atoms with Crippen molar-refractivity contribution in [3.05, 3.63) is 21.9 Å². The Hall–Kier alpha value is -0.610. The summed E-state index contributed by atoms with van der Waals surface area (Å²) in [5.41, 5.74) is 1.66. The van der Waals surface area contributed by atoms with Crippen molar-refractivity contribution in [3.63, 3.8) is 0 Å². The molecule has 0 unspecified atom stereocenters. The Balaban J connectivity index is 2.90. The fourth-order valence-corrected chi connectivity index (χ4v) is 1.64. The minimum atomic E-state index is 0.439. The first-order valence-electron chi connectivity index (χ1n) is 3.33. The maximum Gasteiger partial charge on any atom is 0.177 e. The number of halogens is 2. The zero-order chi connectivity index (χ0) is 8.72. The number of aromatic nitrogens is 3. The summed E-state index contributed by atoms with van der Waals surface area (Å²) in [5, 5.41) is 4.47. The Bertz CT molecular complexity index is 437. The third-order valence-electron chi connectivity index (χ3n) is 1.62. The molecule has 0 aliphatic heterocycles. The van der Waals surface area contributed by atoms with Crippen molar-refractivity contribution >= 4 is 38.6 Å². The fraction of sp³-hybridized carbons (Fsp3) is 0.143. The Kier molecular flexibility index (Phi) is 1.81. The summed E-state index contributed by atoms with van der Waals surface area (Å²) in [6, 6.07) is 3.78. The lowest BCUT2D eigenvalue weighted by molar-refractivity contribution is 0.797. The molecule has 12 heavy (non-hydrogen) atoms. The quantitative estimate of drug-likeness (QED) is 0.668. The van der Waals surface area contributed by atoms with E-state index in [2.05, 4.69) is 26.0 Å². The Morgan fingerprint density at radius 3 is 3.00 bits per heavy atom. The van der Waals surface area contributed by atoms with Crippen molar-refractivity contribution in [1.82, 2.24) is 14.8 Å². The minimum Gasteiger partial charge on any atom is -0.265 e. The molecule has 3 nitrogen and oxygen atoms in total. The van der Waals surface area contributed by atoms with Gasteiger partial charge in [-0.25, -0.2) is 4.98 Å². The third-order valence-corrected chi connectivity index (χ3v) is 2.32. The summed E-state index contributed by atoms with van der Waals surface area (Å²) in [4.78, 5) is 4.20. The van der Waals surface area contributed by atoms with Crippen molar-refractivity contribution in [3.8, 4) is 0 Å². The van der Waals surface area contributed by atoms with E-state index in [4.69, 9.17) is 11.6 Å². The molecule has 0 fully saturated rings. The first-order chi connectivity index (χ1) is 5.68. The number of pyridine rings is 1. The van der Waals surface area contributed by atoms with Crippen LogP contribution in [-0.4, -0.2) is 14.8 Å². The van der Waals surface area contributed by atoms with Gasteiger partial charge in [0, 0.05) is 7.05 Å². The lowest BCUT2D eigenvalue weighted by Gasteiger charge is -1.92. The summed E-state index contributed by atoms with van der Waals surface area (Å²) >= 11 is 9.10. The zero-order valence-corrected chi connectivity index (χ0v) is 8.59. The van der Waals surface area contributed by atoms with Gasteiger partial charge in [-0.2, -0.15) is 5.10 Å². The van der Waals surface area contributed by atoms with E-state index in [0.717, 1.165) is 15.6 Å². The molecule has 0 radical (unpaired) electrons. The largest absolute Gasteiger partial charge is 0.265 e. The van der Waals surface area contributed by atoms with Crippen molar-refractivity contribution in [1.29, 1.82) is 0 Å². The van der Waals surface area contributed by atoms with Gasteiger partial charge in [-0.1, -0.05) is 11.6 Å². The van der Waals surface area contributed by atoms with Crippen LogP contribution in [-0.2, 0) is 7.05 Å². The molecule has 0 aliphatic rings. The summed E-state index contributed by atoms with van der Waals surface area (Å²) < 4.78 is 2.47. The van der Waals surface area contributed by atoms with Crippen LogP contribution >= 0.6 is 27.5 Å². The van der Waals surface area contributed by atoms with Crippen molar-refractivity contribution in [2.45, 2.75) is 0 Å². The average Bonchev–Trinajstić information content (AvgIpc) is 2.28. The molecule has 2 rings (SSSR count). The number of rotatable bonds is 0. The fourth-order valence-electron chi connectivity index (χ4n) is 1.07. The lowest BCUT2D eigenvalue weighted by atomic mass is 10.4. The van der Waals surface area contributed by atoms with Gasteiger partial charge in [0.15, 0.2) is 5.15 Å². The highest BCUT2D eigenvalue weighted by molar-refractivity contribution is 9.10. The molecule has 0 saturated carbocycles. The van der Waals surface area contributed by atoms with Crippen LogP contribution in [0.5, 0.6) is 0 Å². The molecule has 2 aromatic rings. The van der Waals surface area contributed by atoms with Crippen molar-refractivity contribution in [2.75, 3.05) is 0 Å². The van der Waals surface area contributed by atoms with E-state index in [1.165, 1.54) is 0 Å². The van der Waals surface area contributed by atoms with Crippen LogP contribution in [0, 0.1) is 0 Å². The van der Waals surface area contributed by atoms with Gasteiger partial charge in [-0.3, -0.25) is 4.68 Å². The SMILES string of the molecule is Cn1nc(Cl)c2nc(Br)ccc21. The summed E-state index contributed by atoms with van der Waals surface area (Å²) in [6.07, 6.45) is 0. The minimum absolute atomic E-state index is 0.439. The summed E-state index contributed by atoms with van der Waals surface area (Å²) in [6.45, 7) is 0. The van der Waals surface area contributed by atoms with Crippen LogP contribution in [0.2, 0.25) is 5.15 Å². The summed E-state index contributed by atoms with van der Waals surface area (Å²) in [5.74, 6) is 0. The number of fused-ring (bicyclic) bond motifs is 1. The second-order valence-corrected chi connectivity index (χ2v) is 3.59. The standard InChI is InChI=1S/C7H5BrClN3/c1-12-4-2-3-5(8)10-6(4)7(9)11-12/h2-3H,1H3. The molecule has 2 heterocycles. The van der Waals surface area contributed by atoms with Gasteiger partial charge in [0.05, 0.1) is 5.52 Å². The second kappa shape index (κ2) is 2.71. The van der Waals surface area contributed by atoms with E-state index in [-0.39, 0.29) is 0 Å². The van der Waals surface area contributed by atoms with Gasteiger partial charge in [0.2, 0.25) is 0 Å². The van der Waals surface area contributed by atoms with E-state index in [1.54, 1.807) is 4.68 Å². The monoisotopic (exact) mass is 245 g/mol. The zero-order valence-electron chi connectivity index (χ0n) is 6.25. The topological polar surface area (TPSA) is 30.7 Å². The van der Waals surface area contributed by atoms with Crippen LogP contribution in [0.4, 0.5) is 0 Å². The molecule has 0 atom stereocenters. The van der Waals surface area contributed by atoms with E-state index in [0.29, 0.717) is 5.15 Å². The normalized spacial score (nSPS) is 10.9. The van der Waals surface area contributed by atoms with E-state index in [9.17, 15) is 0 Å². The van der Waals surface area contributed by atoms with Crippen LogP contribution in [0.1, 0.15) is 0 Å². The molecular weight excluding hydrogens is 241 g/mol. The second-order valence-electron chi connectivity index (χ2n) is 2.42. The number of hydrogen-bond donors (Lipinski definition) is 0. The van der Waals surface area contributed by atoms with E-state index >= 15 is 0 Å². The average molecular weight is 246 g/mol. The molecule has 0 amide bonds. The molecule has 0 spiro atoms. The number of aryl methyl sites for hydroxylation is 1. The highest BCUT2D eigenvalue weighted by Gasteiger charge is 2.06. The van der Waals surface area contributed by atoms with Crippen molar-refractivity contribution < 1.29 is 0 Å². The lowest BCUT2D eigenvalue weighted by Crippen LogP contribution is -1.88. The van der Waals surface area contributed by atoms with Crippen molar-refractivity contribution in [2.24, 2.45) is 7.05 Å². The van der Waals surface area contributed by atoms with Gasteiger partial charge in [-0.05, 0) is 28.1 Å². The van der Waals surface area contributed by atoms with E-state index in [1.807, 2.05) is 19.2 Å². The molecule has 2 aromatic heterocycles. The molecule has 0 aromatic carbocycles. The molecular formula is C7H5BrClN3. The molecule has 0 aliphatic carbocycles. The maximum atomic E-state index is 5.83. The van der Waals surface area contributed by atoms with Gasteiger partial charge in [-0.15, -0.1) is 0 Å². The van der Waals surface area contributed by atoms with E-state index < -0.39 is 0 Å². The highest BCUT2D eigenvalue weighted by Crippen LogP contribution is 2.21. The van der Waals surface area contributed by atoms with Gasteiger partial charge in [0.1, 0.15) is 10.1 Å². The first-order valence-corrected chi connectivity index (χ1v) is 4.50. The van der Waals surface area contributed by atoms with Crippen LogP contribution in [0.3, 0.4) is 0 Å². The molecule has 5 heteroatoms. The Morgan fingerprint density at radius 2 is 2.25 bits per heavy atom. The van der Waals surface area contributed by atoms with Gasteiger partial charge in [0.25, 0.3) is 0 Å². The maximum absolute atomic E-state index is 5.83. The third kappa shape index (κ3) is 1.11. The van der Waals surface area contributed by atoms with Crippen LogP contribution < -0.4 is 0 Å². The highest BCUT2D eigenvalue weighted by atomic mass is 79.9.